The number of aromatic nitrogens is 3. The van der Waals surface area contributed by atoms with Crippen LogP contribution in [0.1, 0.15) is 45.0 Å². The van der Waals surface area contributed by atoms with E-state index >= 15 is 0 Å². The van der Waals surface area contributed by atoms with Gasteiger partial charge in [0, 0.05) is 29.2 Å². The van der Waals surface area contributed by atoms with E-state index < -0.39 is 26.0 Å². The van der Waals surface area contributed by atoms with Crippen molar-refractivity contribution >= 4 is 56.0 Å². The minimum atomic E-state index is -3.86. The van der Waals surface area contributed by atoms with Gasteiger partial charge in [-0.2, -0.15) is 9.78 Å². The van der Waals surface area contributed by atoms with Gasteiger partial charge in [-0.15, -0.1) is 0 Å². The van der Waals surface area contributed by atoms with Crippen molar-refractivity contribution in [2.75, 3.05) is 0 Å². The lowest BCUT2D eigenvalue weighted by Crippen LogP contribution is -2.16. The zero-order valence-electron chi connectivity index (χ0n) is 19.1. The number of rotatable bonds is 5. The Kier molecular flexibility index (Phi) is 6.10. The Balaban J connectivity index is 1.70. The maximum absolute atomic E-state index is 13.3. The number of thiazole rings is 1. The molecule has 10 nitrogen and oxygen atoms in total. The minimum absolute atomic E-state index is 0.0222. The second kappa shape index (κ2) is 8.91. The summed E-state index contributed by atoms with van der Waals surface area (Å²) in [5.41, 5.74) is 1.52. The maximum Gasteiger partial charge on any atom is 0.355 e. The molecule has 5 rings (SSSR count). The number of carbonyl (C=O) groups is 1. The molecule has 2 aromatic heterocycles. The first kappa shape index (κ1) is 25.3. The van der Waals surface area contributed by atoms with Crippen LogP contribution in [0, 0.1) is 17.0 Å². The summed E-state index contributed by atoms with van der Waals surface area (Å²) in [5.74, 6) is -1.34. The first-order chi connectivity index (χ1) is 17.4. The van der Waals surface area contributed by atoms with Crippen LogP contribution in [-0.4, -0.2) is 39.2 Å². The van der Waals surface area contributed by atoms with E-state index in [-0.39, 0.29) is 48.4 Å². The van der Waals surface area contributed by atoms with E-state index in [1.165, 1.54) is 25.1 Å². The fourth-order valence-electron chi connectivity index (χ4n) is 4.34. The monoisotopic (exact) mass is 578 g/mol. The van der Waals surface area contributed by atoms with Crippen molar-refractivity contribution in [2.45, 2.75) is 29.7 Å². The van der Waals surface area contributed by atoms with Gasteiger partial charge in [0.15, 0.2) is 15.5 Å². The summed E-state index contributed by atoms with van der Waals surface area (Å²) in [7, 11) is -3.86. The number of nitro groups is 1. The van der Waals surface area contributed by atoms with E-state index in [1.807, 2.05) is 0 Å². The van der Waals surface area contributed by atoms with Crippen molar-refractivity contribution in [3.8, 4) is 16.4 Å². The average Bonchev–Trinajstić information content (AvgIpc) is 3.42. The second-order valence-electron chi connectivity index (χ2n) is 8.37. The van der Waals surface area contributed by atoms with Gasteiger partial charge < -0.3 is 5.11 Å². The topological polar surface area (TPSA) is 145 Å². The van der Waals surface area contributed by atoms with Gasteiger partial charge >= 0.3 is 5.97 Å². The van der Waals surface area contributed by atoms with Crippen LogP contribution in [-0.2, 0) is 16.3 Å². The van der Waals surface area contributed by atoms with Crippen LogP contribution in [0.5, 0.6) is 0 Å². The molecule has 37 heavy (non-hydrogen) atoms. The number of benzene rings is 2. The predicted molar refractivity (Wildman–Crippen MR) is 138 cm³/mol. The molecule has 1 unspecified atom stereocenters. The van der Waals surface area contributed by atoms with Gasteiger partial charge in [-0.25, -0.2) is 18.2 Å². The number of nitro benzene ring substituents is 1. The number of halogens is 2. The average molecular weight is 579 g/mol. The van der Waals surface area contributed by atoms with Gasteiger partial charge in [0.1, 0.15) is 9.90 Å². The molecule has 0 saturated heterocycles. The van der Waals surface area contributed by atoms with Gasteiger partial charge in [-0.3, -0.25) is 10.1 Å². The number of para-hydroxylation sites is 1. The Hall–Kier alpha value is -3.32. The van der Waals surface area contributed by atoms with Crippen LogP contribution in [0.25, 0.3) is 16.4 Å². The van der Waals surface area contributed by atoms with Crippen LogP contribution < -0.4 is 0 Å². The fourth-order valence-corrected chi connectivity index (χ4v) is 7.84. The molecule has 0 fully saturated rings. The van der Waals surface area contributed by atoms with E-state index in [1.54, 1.807) is 25.1 Å². The lowest BCUT2D eigenvalue weighted by atomic mass is 10.0. The summed E-state index contributed by atoms with van der Waals surface area (Å²) < 4.78 is 27.7. The van der Waals surface area contributed by atoms with Crippen molar-refractivity contribution in [3.05, 3.63) is 84.6 Å². The summed E-state index contributed by atoms with van der Waals surface area (Å²) in [4.78, 5) is 27.8. The van der Waals surface area contributed by atoms with E-state index in [4.69, 9.17) is 23.2 Å². The van der Waals surface area contributed by atoms with Crippen LogP contribution >= 0.6 is 34.5 Å². The van der Waals surface area contributed by atoms with Gasteiger partial charge in [0.05, 0.1) is 25.9 Å². The first-order valence-electron chi connectivity index (χ1n) is 10.7. The van der Waals surface area contributed by atoms with Crippen LogP contribution in [0.15, 0.2) is 40.6 Å². The number of fused-ring (bicyclic) bond motifs is 3. The molecule has 0 spiro atoms. The molecule has 4 aromatic rings. The zero-order valence-corrected chi connectivity index (χ0v) is 22.2. The number of carboxylic acids is 1. The molecule has 0 radical (unpaired) electrons. The lowest BCUT2D eigenvalue weighted by molar-refractivity contribution is -0.385. The third kappa shape index (κ3) is 4.00. The standard InChI is InChI=1S/C23H16Cl2N4O6S2/c1-10-13(7-12-5-3-4-6-18(12)29(32)33)20(21(30)31)28(27-10)23-26-19-15-9-17(25)16(24)8-14(15)11(2)37(34,35)22(19)36-23/h3-6,8-9,11H,7H2,1-2H3,(H,30,31). The van der Waals surface area contributed by atoms with E-state index in [0.29, 0.717) is 22.4 Å². The fraction of sp³-hybridized carbons (Fsp3) is 0.174. The predicted octanol–water partition coefficient (Wildman–Crippen LogP) is 5.66. The Morgan fingerprint density at radius 3 is 2.59 bits per heavy atom. The molecule has 0 amide bonds. The van der Waals surface area contributed by atoms with Crippen molar-refractivity contribution in [1.82, 2.24) is 14.8 Å². The molecule has 1 aliphatic rings. The van der Waals surface area contributed by atoms with Crippen LogP contribution in [0.4, 0.5) is 5.69 Å². The number of hydrogen-bond acceptors (Lipinski definition) is 8. The largest absolute Gasteiger partial charge is 0.476 e. The molecule has 0 aliphatic carbocycles. The Bertz CT molecular complexity index is 1750. The highest BCUT2D eigenvalue weighted by Gasteiger charge is 2.39. The number of nitrogens with zero attached hydrogens (tertiary/aromatic N) is 4. The molecule has 1 N–H and O–H groups in total. The van der Waals surface area contributed by atoms with E-state index in [2.05, 4.69) is 10.1 Å². The Morgan fingerprint density at radius 1 is 1.24 bits per heavy atom. The third-order valence-corrected chi connectivity index (χ3v) is 10.6. The summed E-state index contributed by atoms with van der Waals surface area (Å²) in [6, 6.07) is 9.06. The third-order valence-electron chi connectivity index (χ3n) is 6.22. The Morgan fingerprint density at radius 2 is 1.92 bits per heavy atom. The molecule has 0 bridgehead atoms. The van der Waals surface area contributed by atoms with Crippen molar-refractivity contribution in [3.63, 3.8) is 0 Å². The van der Waals surface area contributed by atoms with Gasteiger partial charge in [0.25, 0.3) is 5.69 Å². The molecule has 1 atom stereocenters. The maximum atomic E-state index is 13.3. The number of carboxylic acid groups (broad SMARTS) is 1. The molecule has 0 saturated carbocycles. The molecule has 2 aromatic carbocycles. The lowest BCUT2D eigenvalue weighted by Gasteiger charge is -2.22. The molecule has 190 valence electrons. The van der Waals surface area contributed by atoms with Gasteiger partial charge in [-0.1, -0.05) is 52.7 Å². The minimum Gasteiger partial charge on any atom is -0.476 e. The SMILES string of the molecule is Cc1nn(-c2nc3c(s2)S(=O)(=O)C(C)c2cc(Cl)c(Cl)cc2-3)c(C(=O)O)c1Cc1ccccc1[N+](=O)[O-]. The first-order valence-corrected chi connectivity index (χ1v) is 13.8. The highest BCUT2D eigenvalue weighted by atomic mass is 35.5. The van der Waals surface area contributed by atoms with E-state index in [0.717, 1.165) is 16.0 Å². The van der Waals surface area contributed by atoms with Crippen molar-refractivity contribution in [2.24, 2.45) is 0 Å². The quantitative estimate of drug-likeness (QED) is 0.236. The van der Waals surface area contributed by atoms with Crippen LogP contribution in [0.3, 0.4) is 0 Å². The van der Waals surface area contributed by atoms with Gasteiger partial charge in [-0.05, 0) is 31.5 Å². The van der Waals surface area contributed by atoms with Gasteiger partial charge in [0.2, 0.25) is 5.13 Å². The summed E-state index contributed by atoms with van der Waals surface area (Å²) in [6.07, 6.45) is -0.0675. The summed E-state index contributed by atoms with van der Waals surface area (Å²) in [6.45, 7) is 3.11. The summed E-state index contributed by atoms with van der Waals surface area (Å²) in [5, 5.41) is 25.4. The highest BCUT2D eigenvalue weighted by Crippen LogP contribution is 2.49. The molecular weight excluding hydrogens is 563 g/mol. The van der Waals surface area contributed by atoms with Crippen molar-refractivity contribution < 1.29 is 23.2 Å². The molecular formula is C23H16Cl2N4O6S2. The number of hydrogen-bond donors (Lipinski definition) is 1. The highest BCUT2D eigenvalue weighted by molar-refractivity contribution is 7.94. The number of aryl methyl sites for hydroxylation is 1. The second-order valence-corrected chi connectivity index (χ2v) is 12.6. The van der Waals surface area contributed by atoms with Crippen LogP contribution in [0.2, 0.25) is 10.0 Å². The summed E-state index contributed by atoms with van der Waals surface area (Å²) >= 11 is 13.1. The smallest absolute Gasteiger partial charge is 0.355 e. The molecule has 14 heteroatoms. The number of aromatic carboxylic acids is 1. The van der Waals surface area contributed by atoms with Crippen molar-refractivity contribution in [1.29, 1.82) is 0 Å². The number of sulfone groups is 1. The molecule has 1 aliphatic heterocycles. The normalized spacial score (nSPS) is 15.7. The Labute approximate surface area is 224 Å². The van der Waals surface area contributed by atoms with E-state index in [9.17, 15) is 28.4 Å². The zero-order chi connectivity index (χ0) is 26.8. The molecule has 3 heterocycles.